The zero-order valence-corrected chi connectivity index (χ0v) is 15.9. The molecule has 1 heterocycles. The second-order valence-electron chi connectivity index (χ2n) is 7.37. The van der Waals surface area contributed by atoms with E-state index in [9.17, 15) is 13.2 Å². The van der Waals surface area contributed by atoms with E-state index in [1.165, 1.54) is 31.3 Å². The Morgan fingerprint density at radius 1 is 1.17 bits per heavy atom. The van der Waals surface area contributed by atoms with E-state index in [1.807, 2.05) is 25.2 Å². The van der Waals surface area contributed by atoms with Crippen molar-refractivity contribution < 1.29 is 13.2 Å². The lowest BCUT2D eigenvalue weighted by Crippen LogP contribution is -2.48. The summed E-state index contributed by atoms with van der Waals surface area (Å²) in [6, 6.07) is -0.397. The highest BCUT2D eigenvalue weighted by molar-refractivity contribution is 7.91. The van der Waals surface area contributed by atoms with Gasteiger partial charge in [0.05, 0.1) is 11.5 Å². The second kappa shape index (κ2) is 8.34. The summed E-state index contributed by atoms with van der Waals surface area (Å²) in [6.45, 7) is 3.32. The van der Waals surface area contributed by atoms with E-state index in [0.717, 1.165) is 6.54 Å². The van der Waals surface area contributed by atoms with Crippen molar-refractivity contribution in [3.63, 3.8) is 0 Å². The third-order valence-corrected chi connectivity index (χ3v) is 6.87. The van der Waals surface area contributed by atoms with Gasteiger partial charge in [-0.25, -0.2) is 13.2 Å². The number of allylic oxidation sites excluding steroid dienone is 1. The minimum Gasteiger partial charge on any atom is -0.319 e. The molecule has 6 nitrogen and oxygen atoms in total. The maximum Gasteiger partial charge on any atom is 0.321 e. The minimum atomic E-state index is -3.01. The number of rotatable bonds is 6. The van der Waals surface area contributed by atoms with Crippen molar-refractivity contribution >= 4 is 15.9 Å². The van der Waals surface area contributed by atoms with Crippen molar-refractivity contribution in [1.82, 2.24) is 15.1 Å². The first-order chi connectivity index (χ1) is 11.3. The van der Waals surface area contributed by atoms with Gasteiger partial charge < -0.3 is 15.1 Å². The number of carbonyl (C=O) groups is 1. The van der Waals surface area contributed by atoms with E-state index in [2.05, 4.69) is 12.2 Å². The smallest absolute Gasteiger partial charge is 0.319 e. The summed E-state index contributed by atoms with van der Waals surface area (Å²) < 4.78 is 23.5. The lowest BCUT2D eigenvalue weighted by molar-refractivity contribution is 0.176. The van der Waals surface area contributed by atoms with Gasteiger partial charge >= 0.3 is 6.03 Å². The zero-order chi connectivity index (χ0) is 17.7. The van der Waals surface area contributed by atoms with Crippen LogP contribution in [0.4, 0.5) is 4.79 Å². The molecule has 1 N–H and O–H groups in total. The molecule has 1 aliphatic carbocycles. The lowest BCUT2D eigenvalue weighted by Gasteiger charge is -2.29. The Morgan fingerprint density at radius 3 is 2.38 bits per heavy atom. The molecule has 0 spiro atoms. The molecule has 1 atom stereocenters. The number of urea groups is 1. The molecule has 1 saturated heterocycles. The predicted molar refractivity (Wildman–Crippen MR) is 96.6 cm³/mol. The van der Waals surface area contributed by atoms with E-state index >= 15 is 0 Å². The Morgan fingerprint density at radius 2 is 1.83 bits per heavy atom. The van der Waals surface area contributed by atoms with E-state index in [4.69, 9.17) is 0 Å². The summed E-state index contributed by atoms with van der Waals surface area (Å²) in [4.78, 5) is 16.3. The molecule has 7 heteroatoms. The number of sulfone groups is 1. The molecule has 0 radical (unpaired) electrons. The number of nitrogens with zero attached hydrogens (tertiary/aromatic N) is 2. The van der Waals surface area contributed by atoms with E-state index in [0.29, 0.717) is 18.9 Å². The van der Waals surface area contributed by atoms with E-state index in [-0.39, 0.29) is 23.6 Å². The highest BCUT2D eigenvalue weighted by atomic mass is 32.2. The topological polar surface area (TPSA) is 69.7 Å². The van der Waals surface area contributed by atoms with Crippen LogP contribution in [0.25, 0.3) is 0 Å². The quantitative estimate of drug-likeness (QED) is 0.787. The van der Waals surface area contributed by atoms with Crippen molar-refractivity contribution in [2.75, 3.05) is 38.7 Å². The van der Waals surface area contributed by atoms with Crippen LogP contribution in [-0.2, 0) is 9.84 Å². The van der Waals surface area contributed by atoms with Crippen molar-refractivity contribution in [3.05, 3.63) is 11.8 Å². The summed E-state index contributed by atoms with van der Waals surface area (Å²) in [7, 11) is 0.892. The maximum atomic E-state index is 12.6. The summed E-state index contributed by atoms with van der Waals surface area (Å²) in [5, 5.41) is 2.90. The molecule has 0 aromatic heterocycles. The maximum absolute atomic E-state index is 12.6. The molecule has 1 aliphatic heterocycles. The van der Waals surface area contributed by atoms with Gasteiger partial charge in [-0.1, -0.05) is 18.4 Å². The van der Waals surface area contributed by atoms with Crippen LogP contribution in [0.15, 0.2) is 11.8 Å². The Bertz CT molecular complexity index is 566. The Labute approximate surface area is 146 Å². The van der Waals surface area contributed by atoms with Crippen LogP contribution in [0, 0.1) is 5.92 Å². The van der Waals surface area contributed by atoms with Gasteiger partial charge in [-0.05, 0) is 46.2 Å². The van der Waals surface area contributed by atoms with Crippen molar-refractivity contribution in [3.8, 4) is 0 Å². The molecule has 0 bridgehead atoms. The molecule has 2 amide bonds. The SMILES string of the molecule is C/C(=C\NC(=O)N(CCN(C)C)C1CCS(=O)(=O)C1)C1CCCC1. The number of carbonyl (C=O) groups excluding carboxylic acids is 1. The third kappa shape index (κ3) is 5.48. The fourth-order valence-electron chi connectivity index (χ4n) is 3.54. The van der Waals surface area contributed by atoms with E-state index in [1.54, 1.807) is 4.90 Å². The summed E-state index contributed by atoms with van der Waals surface area (Å²) >= 11 is 0. The molecule has 2 rings (SSSR count). The van der Waals surface area contributed by atoms with Gasteiger partial charge in [-0.3, -0.25) is 0 Å². The number of likely N-dealkylation sites (N-methyl/N-ethyl adjacent to an activating group) is 1. The molecule has 0 aromatic carbocycles. The van der Waals surface area contributed by atoms with Crippen molar-refractivity contribution in [2.24, 2.45) is 5.92 Å². The largest absolute Gasteiger partial charge is 0.321 e. The molecule has 24 heavy (non-hydrogen) atoms. The van der Waals surface area contributed by atoms with Crippen LogP contribution in [0.1, 0.15) is 39.0 Å². The molecular formula is C17H31N3O3S. The van der Waals surface area contributed by atoms with Crippen LogP contribution in [0.5, 0.6) is 0 Å². The average Bonchev–Trinajstić information content (AvgIpc) is 3.14. The zero-order valence-electron chi connectivity index (χ0n) is 15.1. The standard InChI is InChI=1S/C17H31N3O3S/c1-14(15-6-4-5-7-15)12-18-17(21)20(10-9-19(2)3)16-8-11-24(22,23)13-16/h12,15-16H,4-11,13H2,1-3H3,(H,18,21)/b14-12+. The first kappa shape index (κ1) is 19.2. The molecule has 0 aromatic rings. The van der Waals surface area contributed by atoms with Gasteiger partial charge in [0.1, 0.15) is 0 Å². The molecule has 1 saturated carbocycles. The summed E-state index contributed by atoms with van der Waals surface area (Å²) in [5.41, 5.74) is 1.22. The van der Waals surface area contributed by atoms with Crippen LogP contribution >= 0.6 is 0 Å². The van der Waals surface area contributed by atoms with Gasteiger partial charge in [0, 0.05) is 25.3 Å². The summed E-state index contributed by atoms with van der Waals surface area (Å²) in [6.07, 6.45) is 7.28. The fraction of sp³-hybridized carbons (Fsp3) is 0.824. The number of hydrogen-bond donors (Lipinski definition) is 1. The first-order valence-electron chi connectivity index (χ1n) is 8.87. The highest BCUT2D eigenvalue weighted by Gasteiger charge is 2.34. The lowest BCUT2D eigenvalue weighted by atomic mass is 10.0. The average molecular weight is 358 g/mol. The van der Waals surface area contributed by atoms with Crippen LogP contribution in [-0.4, -0.2) is 69.0 Å². The van der Waals surface area contributed by atoms with Gasteiger partial charge in [0.15, 0.2) is 9.84 Å². The Balaban J connectivity index is 1.99. The van der Waals surface area contributed by atoms with Gasteiger partial charge in [-0.2, -0.15) is 0 Å². The minimum absolute atomic E-state index is 0.0825. The number of amides is 2. The van der Waals surface area contributed by atoms with Crippen molar-refractivity contribution in [1.29, 1.82) is 0 Å². The number of hydrogen-bond acceptors (Lipinski definition) is 4. The normalized spacial score (nSPS) is 24.5. The molecule has 1 unspecified atom stereocenters. The molecule has 138 valence electrons. The van der Waals surface area contributed by atoms with Gasteiger partial charge in [-0.15, -0.1) is 0 Å². The van der Waals surface area contributed by atoms with Crippen LogP contribution < -0.4 is 5.32 Å². The molecule has 2 fully saturated rings. The molecule has 2 aliphatic rings. The Hall–Kier alpha value is -1.08. The van der Waals surface area contributed by atoms with E-state index < -0.39 is 9.84 Å². The predicted octanol–water partition coefficient (Wildman–Crippen LogP) is 1.84. The first-order valence-corrected chi connectivity index (χ1v) is 10.7. The Kier molecular flexibility index (Phi) is 6.69. The fourth-order valence-corrected chi connectivity index (χ4v) is 5.27. The van der Waals surface area contributed by atoms with Crippen LogP contribution in [0.3, 0.4) is 0 Å². The van der Waals surface area contributed by atoms with Crippen LogP contribution in [0.2, 0.25) is 0 Å². The third-order valence-electron chi connectivity index (χ3n) is 5.12. The number of nitrogens with one attached hydrogen (secondary N) is 1. The second-order valence-corrected chi connectivity index (χ2v) is 9.60. The summed E-state index contributed by atoms with van der Waals surface area (Å²) in [5.74, 6) is 0.840. The van der Waals surface area contributed by atoms with Crippen molar-refractivity contribution in [2.45, 2.75) is 45.1 Å². The highest BCUT2D eigenvalue weighted by Crippen LogP contribution is 2.30. The van der Waals surface area contributed by atoms with Gasteiger partial charge in [0.2, 0.25) is 0 Å². The monoisotopic (exact) mass is 357 g/mol. The van der Waals surface area contributed by atoms with Gasteiger partial charge in [0.25, 0.3) is 0 Å². The molecular weight excluding hydrogens is 326 g/mol.